The quantitative estimate of drug-likeness (QED) is 0.878. The SMILES string of the molecule is COc1ccc(C)cc1S(=O)(=O)N[C@H](C)C(=O)N1CCCCCC1. The highest BCUT2D eigenvalue weighted by atomic mass is 32.2. The van der Waals surface area contributed by atoms with Gasteiger partial charge in [-0.2, -0.15) is 4.72 Å². The van der Waals surface area contributed by atoms with E-state index in [1.165, 1.54) is 7.11 Å². The maximum Gasteiger partial charge on any atom is 0.244 e. The van der Waals surface area contributed by atoms with E-state index in [-0.39, 0.29) is 16.6 Å². The van der Waals surface area contributed by atoms with E-state index >= 15 is 0 Å². The number of carbonyl (C=O) groups excluding carboxylic acids is 1. The molecule has 0 spiro atoms. The van der Waals surface area contributed by atoms with Crippen LogP contribution >= 0.6 is 0 Å². The Morgan fingerprint density at radius 1 is 1.21 bits per heavy atom. The summed E-state index contributed by atoms with van der Waals surface area (Å²) < 4.78 is 33.0. The number of methoxy groups -OCH3 is 1. The van der Waals surface area contributed by atoms with Crippen molar-refractivity contribution in [2.75, 3.05) is 20.2 Å². The second-order valence-electron chi connectivity index (χ2n) is 6.24. The first kappa shape index (κ1) is 18.7. The molecule has 1 atom stereocenters. The molecule has 0 radical (unpaired) electrons. The molecule has 134 valence electrons. The molecule has 1 aromatic carbocycles. The molecule has 7 heteroatoms. The van der Waals surface area contributed by atoms with Crippen molar-refractivity contribution < 1.29 is 17.9 Å². The van der Waals surface area contributed by atoms with Gasteiger partial charge in [-0.05, 0) is 44.4 Å². The number of hydrogen-bond donors (Lipinski definition) is 1. The van der Waals surface area contributed by atoms with Crippen LogP contribution in [0.5, 0.6) is 5.75 Å². The van der Waals surface area contributed by atoms with Gasteiger partial charge in [-0.15, -0.1) is 0 Å². The Labute approximate surface area is 144 Å². The second-order valence-corrected chi connectivity index (χ2v) is 7.92. The smallest absolute Gasteiger partial charge is 0.244 e. The molecule has 1 aromatic rings. The van der Waals surface area contributed by atoms with Crippen LogP contribution < -0.4 is 9.46 Å². The minimum atomic E-state index is -3.84. The van der Waals surface area contributed by atoms with E-state index < -0.39 is 16.1 Å². The molecule has 1 aliphatic rings. The summed E-state index contributed by atoms with van der Waals surface area (Å²) >= 11 is 0. The highest BCUT2D eigenvalue weighted by Gasteiger charge is 2.28. The Hall–Kier alpha value is -1.60. The second kappa shape index (κ2) is 7.98. The first-order chi connectivity index (χ1) is 11.3. The molecule has 0 unspecified atom stereocenters. The molecular weight excluding hydrogens is 328 g/mol. The molecule has 0 aliphatic carbocycles. The van der Waals surface area contributed by atoms with E-state index in [0.717, 1.165) is 31.2 Å². The fourth-order valence-electron chi connectivity index (χ4n) is 2.91. The monoisotopic (exact) mass is 354 g/mol. The molecule has 0 bridgehead atoms. The van der Waals surface area contributed by atoms with Crippen molar-refractivity contribution in [1.82, 2.24) is 9.62 Å². The Morgan fingerprint density at radius 3 is 2.42 bits per heavy atom. The van der Waals surface area contributed by atoms with Crippen molar-refractivity contribution in [1.29, 1.82) is 0 Å². The Morgan fingerprint density at radius 2 is 1.83 bits per heavy atom. The number of nitrogens with one attached hydrogen (secondary N) is 1. The number of aryl methyl sites for hydroxylation is 1. The number of likely N-dealkylation sites (tertiary alicyclic amines) is 1. The molecule has 1 amide bonds. The van der Waals surface area contributed by atoms with Crippen molar-refractivity contribution in [2.45, 2.75) is 50.5 Å². The average molecular weight is 354 g/mol. The van der Waals surface area contributed by atoms with Gasteiger partial charge in [0.2, 0.25) is 15.9 Å². The number of hydrogen-bond acceptors (Lipinski definition) is 4. The summed E-state index contributed by atoms with van der Waals surface area (Å²) in [6, 6.07) is 4.14. The zero-order chi connectivity index (χ0) is 17.7. The Kier molecular flexibility index (Phi) is 6.23. The van der Waals surface area contributed by atoms with E-state index in [4.69, 9.17) is 4.74 Å². The molecule has 1 N–H and O–H groups in total. The lowest BCUT2D eigenvalue weighted by Gasteiger charge is -2.24. The number of benzene rings is 1. The van der Waals surface area contributed by atoms with Crippen LogP contribution in [0.4, 0.5) is 0 Å². The number of nitrogens with zero attached hydrogens (tertiary/aromatic N) is 1. The fourth-order valence-corrected chi connectivity index (χ4v) is 4.36. The van der Waals surface area contributed by atoms with Gasteiger partial charge in [-0.25, -0.2) is 8.42 Å². The summed E-state index contributed by atoms with van der Waals surface area (Å²) in [5, 5.41) is 0. The first-order valence-electron chi connectivity index (χ1n) is 8.31. The lowest BCUT2D eigenvalue weighted by molar-refractivity contribution is -0.132. The van der Waals surface area contributed by atoms with Gasteiger partial charge in [0, 0.05) is 13.1 Å². The van der Waals surface area contributed by atoms with Gasteiger partial charge in [-0.3, -0.25) is 4.79 Å². The van der Waals surface area contributed by atoms with Gasteiger partial charge in [0.1, 0.15) is 10.6 Å². The topological polar surface area (TPSA) is 75.7 Å². The summed E-state index contributed by atoms with van der Waals surface area (Å²) in [6.07, 6.45) is 4.17. The van der Waals surface area contributed by atoms with Gasteiger partial charge in [0.25, 0.3) is 0 Å². The van der Waals surface area contributed by atoms with Crippen molar-refractivity contribution in [3.8, 4) is 5.75 Å². The van der Waals surface area contributed by atoms with Crippen LogP contribution in [0.25, 0.3) is 0 Å². The average Bonchev–Trinajstić information content (AvgIpc) is 2.83. The molecule has 1 heterocycles. The maximum absolute atomic E-state index is 12.7. The largest absolute Gasteiger partial charge is 0.495 e. The number of amides is 1. The van der Waals surface area contributed by atoms with Crippen LogP contribution in [-0.4, -0.2) is 45.5 Å². The molecule has 0 saturated carbocycles. The molecule has 1 fully saturated rings. The highest BCUT2D eigenvalue weighted by Crippen LogP contribution is 2.25. The summed E-state index contributed by atoms with van der Waals surface area (Å²) in [4.78, 5) is 14.4. The number of carbonyl (C=O) groups is 1. The molecule has 6 nitrogen and oxygen atoms in total. The third-order valence-electron chi connectivity index (χ3n) is 4.23. The molecule has 2 rings (SSSR count). The number of ether oxygens (including phenoxy) is 1. The van der Waals surface area contributed by atoms with Gasteiger partial charge in [0.15, 0.2) is 0 Å². The van der Waals surface area contributed by atoms with Crippen molar-refractivity contribution in [2.24, 2.45) is 0 Å². The standard InChI is InChI=1S/C17H26N2O4S/c1-13-8-9-15(23-3)16(12-13)24(21,22)18-14(2)17(20)19-10-6-4-5-7-11-19/h8-9,12,14,18H,4-7,10-11H2,1-3H3/t14-/m1/s1. The number of sulfonamides is 1. The fraction of sp³-hybridized carbons (Fsp3) is 0.588. The summed E-state index contributed by atoms with van der Waals surface area (Å²) in [5.41, 5.74) is 0.808. The van der Waals surface area contributed by atoms with Crippen molar-refractivity contribution in [3.63, 3.8) is 0 Å². The van der Waals surface area contributed by atoms with Crippen LogP contribution in [0.3, 0.4) is 0 Å². The summed E-state index contributed by atoms with van der Waals surface area (Å²) in [7, 11) is -2.41. The highest BCUT2D eigenvalue weighted by molar-refractivity contribution is 7.89. The van der Waals surface area contributed by atoms with E-state index in [9.17, 15) is 13.2 Å². The van der Waals surface area contributed by atoms with Gasteiger partial charge in [-0.1, -0.05) is 18.9 Å². The third-order valence-corrected chi connectivity index (χ3v) is 5.79. The van der Waals surface area contributed by atoms with Crippen LogP contribution in [0, 0.1) is 6.92 Å². The zero-order valence-electron chi connectivity index (χ0n) is 14.5. The zero-order valence-corrected chi connectivity index (χ0v) is 15.4. The molecular formula is C17H26N2O4S. The minimum Gasteiger partial charge on any atom is -0.495 e. The summed E-state index contributed by atoms with van der Waals surface area (Å²) in [6.45, 7) is 4.79. The van der Waals surface area contributed by atoms with Crippen LogP contribution in [0.15, 0.2) is 23.1 Å². The van der Waals surface area contributed by atoms with Crippen LogP contribution in [0.2, 0.25) is 0 Å². The van der Waals surface area contributed by atoms with Gasteiger partial charge in [0.05, 0.1) is 13.2 Å². The predicted octanol–water partition coefficient (Wildman–Crippen LogP) is 2.07. The van der Waals surface area contributed by atoms with E-state index in [1.807, 2.05) is 6.92 Å². The lowest BCUT2D eigenvalue weighted by Crippen LogP contribution is -2.47. The minimum absolute atomic E-state index is 0.0560. The van der Waals surface area contributed by atoms with E-state index in [1.54, 1.807) is 30.0 Å². The number of rotatable bonds is 5. The first-order valence-corrected chi connectivity index (χ1v) is 9.79. The van der Waals surface area contributed by atoms with Crippen LogP contribution in [-0.2, 0) is 14.8 Å². The Bertz CT molecular complexity index is 680. The van der Waals surface area contributed by atoms with Crippen LogP contribution in [0.1, 0.15) is 38.2 Å². The molecule has 24 heavy (non-hydrogen) atoms. The lowest BCUT2D eigenvalue weighted by atomic mass is 10.2. The maximum atomic E-state index is 12.7. The molecule has 1 saturated heterocycles. The van der Waals surface area contributed by atoms with E-state index in [2.05, 4.69) is 4.72 Å². The predicted molar refractivity (Wildman–Crippen MR) is 92.6 cm³/mol. The Balaban J connectivity index is 2.16. The normalized spacial score (nSPS) is 17.2. The van der Waals surface area contributed by atoms with E-state index in [0.29, 0.717) is 13.1 Å². The molecule has 1 aliphatic heterocycles. The molecule has 0 aromatic heterocycles. The van der Waals surface area contributed by atoms with Crippen molar-refractivity contribution in [3.05, 3.63) is 23.8 Å². The van der Waals surface area contributed by atoms with Crippen molar-refractivity contribution >= 4 is 15.9 Å². The third kappa shape index (κ3) is 4.48. The van der Waals surface area contributed by atoms with Gasteiger partial charge >= 0.3 is 0 Å². The van der Waals surface area contributed by atoms with Gasteiger partial charge < -0.3 is 9.64 Å². The summed E-state index contributed by atoms with van der Waals surface area (Å²) in [5.74, 6) is 0.0922.